The van der Waals surface area contributed by atoms with Crippen molar-refractivity contribution >= 4 is 0 Å². The van der Waals surface area contributed by atoms with E-state index in [0.29, 0.717) is 0 Å². The lowest BCUT2D eigenvalue weighted by Gasteiger charge is -2.56. The van der Waals surface area contributed by atoms with Gasteiger partial charge in [-0.1, -0.05) is 13.8 Å². The molecule has 0 aromatic heterocycles. The Balaban J connectivity index is 3.05. The first-order valence-electron chi connectivity index (χ1n) is 5.82. The summed E-state index contributed by atoms with van der Waals surface area (Å²) < 4.78 is 0. The predicted octanol–water partition coefficient (Wildman–Crippen LogP) is 2.20. The van der Waals surface area contributed by atoms with Crippen LogP contribution in [0.2, 0.25) is 0 Å². The molecule has 0 radical (unpaired) electrons. The number of aliphatic hydroxyl groups excluding tert-OH is 1. The second-order valence-electron chi connectivity index (χ2n) is 5.54. The van der Waals surface area contributed by atoms with Gasteiger partial charge in [-0.05, 0) is 33.6 Å². The maximum atomic E-state index is 10.1. The number of aliphatic hydroxyl groups is 1. The Bertz CT molecular complexity index is 225. The second kappa shape index (κ2) is 4.04. The predicted molar refractivity (Wildman–Crippen MR) is 61.4 cm³/mol. The van der Waals surface area contributed by atoms with Crippen molar-refractivity contribution in [1.82, 2.24) is 5.06 Å². The number of nitrogens with zero attached hydrogens (tertiary/aromatic N) is 1. The van der Waals surface area contributed by atoms with Gasteiger partial charge in [-0.2, -0.15) is 5.06 Å². The summed E-state index contributed by atoms with van der Waals surface area (Å²) in [5, 5.41) is 12.2. The Morgan fingerprint density at radius 3 is 2.33 bits per heavy atom. The molecule has 3 heteroatoms. The molecule has 1 heterocycles. The molecule has 0 spiro atoms. The van der Waals surface area contributed by atoms with Gasteiger partial charge in [0.1, 0.15) is 0 Å². The molecule has 3 nitrogen and oxygen atoms in total. The van der Waals surface area contributed by atoms with Gasteiger partial charge in [-0.3, -0.25) is 0 Å². The van der Waals surface area contributed by atoms with Crippen LogP contribution in [0.15, 0.2) is 0 Å². The normalized spacial score (nSPS) is 41.8. The third-order valence-electron chi connectivity index (χ3n) is 4.30. The first kappa shape index (κ1) is 12.9. The van der Waals surface area contributed by atoms with Crippen molar-refractivity contribution in [3.8, 4) is 0 Å². The zero-order valence-corrected chi connectivity index (χ0v) is 10.9. The molecule has 1 aliphatic heterocycles. The lowest BCUT2D eigenvalue weighted by Crippen LogP contribution is -2.66. The summed E-state index contributed by atoms with van der Waals surface area (Å²) in [5.41, 5.74) is -0.193. The molecular formula is C12H25NO2. The highest BCUT2D eigenvalue weighted by Gasteiger charge is 2.51. The van der Waals surface area contributed by atoms with Crippen molar-refractivity contribution in [2.45, 2.75) is 64.6 Å². The standard InChI is InChI=1S/C12H25NO2/c1-7-12(5)8-10(14)9(2)11(3,4)13(12)15-6/h9-10,14H,7-8H2,1-6H3. The maximum Gasteiger partial charge on any atom is 0.0602 e. The fraction of sp³-hybridized carbons (Fsp3) is 1.00. The smallest absolute Gasteiger partial charge is 0.0602 e. The van der Waals surface area contributed by atoms with Gasteiger partial charge in [0.25, 0.3) is 0 Å². The van der Waals surface area contributed by atoms with E-state index in [1.165, 1.54) is 0 Å². The highest BCUT2D eigenvalue weighted by molar-refractivity contribution is 5.01. The topological polar surface area (TPSA) is 32.7 Å². The summed E-state index contributed by atoms with van der Waals surface area (Å²) in [7, 11) is 1.72. The Labute approximate surface area is 93.4 Å². The molecule has 90 valence electrons. The van der Waals surface area contributed by atoms with Gasteiger partial charge in [0, 0.05) is 17.0 Å². The molecule has 1 aliphatic rings. The summed E-state index contributed by atoms with van der Waals surface area (Å²) in [6, 6.07) is 0. The van der Waals surface area contributed by atoms with Crippen LogP contribution in [0.5, 0.6) is 0 Å². The number of hydrogen-bond acceptors (Lipinski definition) is 3. The van der Waals surface area contributed by atoms with E-state index in [1.54, 1.807) is 7.11 Å². The van der Waals surface area contributed by atoms with Gasteiger partial charge >= 0.3 is 0 Å². The highest BCUT2D eigenvalue weighted by atomic mass is 16.7. The Morgan fingerprint density at radius 2 is 1.93 bits per heavy atom. The zero-order valence-electron chi connectivity index (χ0n) is 10.9. The lowest BCUT2D eigenvalue weighted by atomic mass is 9.71. The van der Waals surface area contributed by atoms with E-state index < -0.39 is 0 Å². The van der Waals surface area contributed by atoms with Crippen LogP contribution in [0, 0.1) is 5.92 Å². The van der Waals surface area contributed by atoms with E-state index in [0.717, 1.165) is 12.8 Å². The van der Waals surface area contributed by atoms with Gasteiger partial charge in [0.05, 0.1) is 13.2 Å². The van der Waals surface area contributed by atoms with Gasteiger partial charge in [0.15, 0.2) is 0 Å². The van der Waals surface area contributed by atoms with Crippen molar-refractivity contribution < 1.29 is 9.94 Å². The summed E-state index contributed by atoms with van der Waals surface area (Å²) in [6.45, 7) is 10.7. The molecule has 0 aromatic rings. The van der Waals surface area contributed by atoms with E-state index in [-0.39, 0.29) is 23.1 Å². The van der Waals surface area contributed by atoms with Crippen molar-refractivity contribution in [3.05, 3.63) is 0 Å². The molecule has 0 amide bonds. The largest absolute Gasteiger partial charge is 0.393 e. The highest BCUT2D eigenvalue weighted by Crippen LogP contribution is 2.43. The average molecular weight is 215 g/mol. The van der Waals surface area contributed by atoms with Crippen molar-refractivity contribution in [1.29, 1.82) is 0 Å². The monoisotopic (exact) mass is 215 g/mol. The van der Waals surface area contributed by atoms with Crippen molar-refractivity contribution in [2.24, 2.45) is 5.92 Å². The SMILES string of the molecule is CCC1(C)CC(O)C(C)C(C)(C)N1OC. The molecule has 0 aliphatic carbocycles. The van der Waals surface area contributed by atoms with Crippen molar-refractivity contribution in [3.63, 3.8) is 0 Å². The molecule has 0 bridgehead atoms. The third kappa shape index (κ3) is 1.93. The van der Waals surface area contributed by atoms with E-state index in [4.69, 9.17) is 4.84 Å². The average Bonchev–Trinajstić information content (AvgIpc) is 2.15. The summed E-state index contributed by atoms with van der Waals surface area (Å²) in [4.78, 5) is 5.55. The molecule has 1 rings (SSSR count). The Morgan fingerprint density at radius 1 is 1.40 bits per heavy atom. The van der Waals surface area contributed by atoms with Crippen molar-refractivity contribution in [2.75, 3.05) is 7.11 Å². The molecule has 3 atom stereocenters. The first-order valence-corrected chi connectivity index (χ1v) is 5.82. The summed E-state index contributed by atoms with van der Waals surface area (Å²) >= 11 is 0. The molecule has 3 unspecified atom stereocenters. The minimum Gasteiger partial charge on any atom is -0.393 e. The number of piperidine rings is 1. The van der Waals surface area contributed by atoms with E-state index in [9.17, 15) is 5.11 Å². The van der Waals surface area contributed by atoms with Crippen LogP contribution in [-0.2, 0) is 4.84 Å². The van der Waals surface area contributed by atoms with E-state index >= 15 is 0 Å². The van der Waals surface area contributed by atoms with Gasteiger partial charge < -0.3 is 9.94 Å². The lowest BCUT2D eigenvalue weighted by molar-refractivity contribution is -0.298. The minimum atomic E-state index is -0.239. The number of hydrogen-bond donors (Lipinski definition) is 1. The van der Waals surface area contributed by atoms with Crippen LogP contribution in [0.3, 0.4) is 0 Å². The Hall–Kier alpha value is -0.120. The molecule has 1 saturated heterocycles. The molecule has 15 heavy (non-hydrogen) atoms. The molecule has 1 N–H and O–H groups in total. The fourth-order valence-electron chi connectivity index (χ4n) is 2.81. The minimum absolute atomic E-state index is 0.0653. The molecule has 0 aromatic carbocycles. The second-order valence-corrected chi connectivity index (χ2v) is 5.54. The van der Waals surface area contributed by atoms with Crippen LogP contribution >= 0.6 is 0 Å². The first-order chi connectivity index (χ1) is 6.79. The van der Waals surface area contributed by atoms with Crippen LogP contribution < -0.4 is 0 Å². The third-order valence-corrected chi connectivity index (χ3v) is 4.30. The van der Waals surface area contributed by atoms with Crippen LogP contribution in [-0.4, -0.2) is 34.5 Å². The summed E-state index contributed by atoms with van der Waals surface area (Å²) in [5.74, 6) is 0.220. The van der Waals surface area contributed by atoms with E-state index in [2.05, 4.69) is 39.7 Å². The molecular weight excluding hydrogens is 190 g/mol. The van der Waals surface area contributed by atoms with Gasteiger partial charge in [-0.15, -0.1) is 0 Å². The number of rotatable bonds is 2. The van der Waals surface area contributed by atoms with Crippen LogP contribution in [0.1, 0.15) is 47.5 Å². The fourth-order valence-corrected chi connectivity index (χ4v) is 2.81. The van der Waals surface area contributed by atoms with Crippen LogP contribution in [0.4, 0.5) is 0 Å². The van der Waals surface area contributed by atoms with E-state index in [1.807, 2.05) is 0 Å². The quantitative estimate of drug-likeness (QED) is 0.766. The zero-order chi connectivity index (χ0) is 11.9. The van der Waals surface area contributed by atoms with Gasteiger partial charge in [-0.25, -0.2) is 0 Å². The molecule has 1 fully saturated rings. The van der Waals surface area contributed by atoms with Crippen LogP contribution in [0.25, 0.3) is 0 Å². The maximum absolute atomic E-state index is 10.1. The number of hydroxylamine groups is 2. The van der Waals surface area contributed by atoms with Gasteiger partial charge in [0.2, 0.25) is 0 Å². The summed E-state index contributed by atoms with van der Waals surface area (Å²) in [6.07, 6.45) is 1.52. The Kier molecular flexibility index (Phi) is 3.49. The molecule has 0 saturated carbocycles.